The number of hydrogen-bond donors (Lipinski definition) is 1. The summed E-state index contributed by atoms with van der Waals surface area (Å²) in [6, 6.07) is 8.16. The Balaban J connectivity index is 1.78. The van der Waals surface area contributed by atoms with Crippen LogP contribution in [-0.2, 0) is 0 Å². The smallest absolute Gasteiger partial charge is 0.0979 e. The second-order valence-corrected chi connectivity index (χ2v) is 6.33. The van der Waals surface area contributed by atoms with Crippen molar-refractivity contribution < 1.29 is 0 Å². The zero-order valence-corrected chi connectivity index (χ0v) is 13.8. The topological polar surface area (TPSA) is 40.5 Å². The molecule has 1 aliphatic rings. The molecule has 0 amide bonds. The maximum Gasteiger partial charge on any atom is 0.0979 e. The summed E-state index contributed by atoms with van der Waals surface area (Å²) in [5.41, 5.74) is 1.92. The lowest BCUT2D eigenvalue weighted by molar-refractivity contribution is 0.257. The van der Waals surface area contributed by atoms with Crippen LogP contribution in [0.3, 0.4) is 0 Å². The third-order valence-corrected chi connectivity index (χ3v) is 4.32. The number of piperidine rings is 1. The van der Waals surface area contributed by atoms with Crippen LogP contribution in [0, 0.1) is 0 Å². The number of pyridine rings is 1. The van der Waals surface area contributed by atoms with Crippen LogP contribution in [0.4, 0.5) is 5.69 Å². The van der Waals surface area contributed by atoms with Crippen LogP contribution in [0.5, 0.6) is 0 Å². The van der Waals surface area contributed by atoms with Crippen molar-refractivity contribution in [2.45, 2.75) is 25.8 Å². The van der Waals surface area contributed by atoms with Crippen molar-refractivity contribution in [1.29, 1.82) is 0 Å². The van der Waals surface area contributed by atoms with Crippen LogP contribution in [0.2, 0.25) is 5.02 Å². The Bertz CT molecular complexity index is 690. The Morgan fingerprint density at radius 3 is 2.86 bits per heavy atom. The minimum atomic E-state index is 0.422. The molecule has 1 N–H and O–H groups in total. The van der Waals surface area contributed by atoms with E-state index < -0.39 is 0 Å². The number of aromatic nitrogens is 1. The summed E-state index contributed by atoms with van der Waals surface area (Å²) in [5, 5.41) is 5.18. The van der Waals surface area contributed by atoms with Crippen molar-refractivity contribution in [3.05, 3.63) is 35.5 Å². The third kappa shape index (κ3) is 3.57. The molecule has 2 aromatic rings. The van der Waals surface area contributed by atoms with Gasteiger partial charge in [-0.1, -0.05) is 11.6 Å². The molecule has 22 heavy (non-hydrogen) atoms. The van der Waals surface area contributed by atoms with Gasteiger partial charge in [0.25, 0.3) is 0 Å². The average molecular weight is 317 g/mol. The summed E-state index contributed by atoms with van der Waals surface area (Å²) >= 11 is 6.03. The minimum Gasteiger partial charge on any atom is -0.344 e. The van der Waals surface area contributed by atoms with E-state index in [9.17, 15) is 0 Å². The van der Waals surface area contributed by atoms with Gasteiger partial charge < -0.3 is 10.2 Å². The van der Waals surface area contributed by atoms with E-state index in [4.69, 9.17) is 16.6 Å². The minimum absolute atomic E-state index is 0.422. The van der Waals surface area contributed by atoms with Crippen LogP contribution < -0.4 is 5.32 Å². The predicted molar refractivity (Wildman–Crippen MR) is 94.0 cm³/mol. The molecule has 0 atom stereocenters. The number of hydrogen-bond acceptors (Lipinski definition) is 3. The van der Waals surface area contributed by atoms with Gasteiger partial charge in [0.05, 0.1) is 23.1 Å². The van der Waals surface area contributed by atoms with Crippen molar-refractivity contribution in [3.8, 4) is 0 Å². The Labute approximate surface area is 136 Å². The van der Waals surface area contributed by atoms with E-state index in [1.54, 1.807) is 6.20 Å². The highest BCUT2D eigenvalue weighted by molar-refractivity contribution is 6.31. The van der Waals surface area contributed by atoms with Gasteiger partial charge in [-0.25, -0.2) is 0 Å². The fourth-order valence-corrected chi connectivity index (χ4v) is 3.02. The number of fused-ring (bicyclic) bond motifs is 1. The van der Waals surface area contributed by atoms with Gasteiger partial charge in [-0.2, -0.15) is 0 Å². The molecule has 0 bridgehead atoms. The predicted octanol–water partition coefficient (Wildman–Crippen LogP) is 3.81. The number of rotatable bonds is 2. The van der Waals surface area contributed by atoms with Crippen molar-refractivity contribution in [3.63, 3.8) is 0 Å². The summed E-state index contributed by atoms with van der Waals surface area (Å²) in [7, 11) is 2.17. The SMILES string of the molecule is CC(=NC1CCN(C)CC1)Nc1ccnc2cc(Cl)ccc12. The van der Waals surface area contributed by atoms with E-state index in [2.05, 4.69) is 22.2 Å². The second kappa shape index (κ2) is 6.63. The van der Waals surface area contributed by atoms with Gasteiger partial charge in [0.1, 0.15) is 0 Å². The van der Waals surface area contributed by atoms with E-state index in [1.165, 1.54) is 0 Å². The first kappa shape index (κ1) is 15.3. The van der Waals surface area contributed by atoms with Crippen molar-refractivity contribution in [1.82, 2.24) is 9.88 Å². The number of halogens is 1. The maximum atomic E-state index is 6.03. The quantitative estimate of drug-likeness (QED) is 0.676. The first-order valence-corrected chi connectivity index (χ1v) is 8.04. The fraction of sp³-hybridized carbons (Fsp3) is 0.412. The molecule has 1 aromatic heterocycles. The van der Waals surface area contributed by atoms with Crippen LogP contribution in [0.1, 0.15) is 19.8 Å². The number of aliphatic imine (C=N–C) groups is 1. The Kier molecular flexibility index (Phi) is 4.60. The highest BCUT2D eigenvalue weighted by atomic mass is 35.5. The Morgan fingerprint density at radius 1 is 1.32 bits per heavy atom. The van der Waals surface area contributed by atoms with Crippen molar-refractivity contribution >= 4 is 34.0 Å². The molecule has 3 rings (SSSR count). The molecule has 0 aliphatic carbocycles. The summed E-state index contributed by atoms with van der Waals surface area (Å²) in [5.74, 6) is 0.956. The van der Waals surface area contributed by atoms with Gasteiger partial charge >= 0.3 is 0 Å². The van der Waals surface area contributed by atoms with Crippen molar-refractivity contribution in [2.24, 2.45) is 4.99 Å². The lowest BCUT2D eigenvalue weighted by Crippen LogP contribution is -2.32. The van der Waals surface area contributed by atoms with Gasteiger partial charge in [-0.3, -0.25) is 9.98 Å². The molecule has 2 heterocycles. The van der Waals surface area contributed by atoms with E-state index in [0.717, 1.165) is 48.4 Å². The molecule has 0 radical (unpaired) electrons. The van der Waals surface area contributed by atoms with Crippen molar-refractivity contribution in [2.75, 3.05) is 25.5 Å². The third-order valence-electron chi connectivity index (χ3n) is 4.08. The summed E-state index contributed by atoms with van der Waals surface area (Å²) in [4.78, 5) is 11.5. The largest absolute Gasteiger partial charge is 0.344 e. The zero-order valence-electron chi connectivity index (χ0n) is 13.0. The lowest BCUT2D eigenvalue weighted by Gasteiger charge is -2.27. The molecule has 1 aromatic carbocycles. The van der Waals surface area contributed by atoms with Crippen LogP contribution >= 0.6 is 11.6 Å². The van der Waals surface area contributed by atoms with E-state index in [1.807, 2.05) is 31.2 Å². The van der Waals surface area contributed by atoms with Gasteiger partial charge in [-0.05, 0) is 64.2 Å². The average Bonchev–Trinajstić information content (AvgIpc) is 2.49. The molecule has 116 valence electrons. The number of amidine groups is 1. The Hall–Kier alpha value is -1.65. The first-order valence-electron chi connectivity index (χ1n) is 7.66. The number of benzene rings is 1. The van der Waals surface area contributed by atoms with E-state index in [-0.39, 0.29) is 0 Å². The molecule has 1 fully saturated rings. The highest BCUT2D eigenvalue weighted by Gasteiger charge is 2.15. The molecule has 0 unspecified atom stereocenters. The molecular weight excluding hydrogens is 296 g/mol. The number of nitrogens with one attached hydrogen (secondary N) is 1. The molecule has 0 spiro atoms. The van der Waals surface area contributed by atoms with Crippen LogP contribution in [-0.4, -0.2) is 41.9 Å². The van der Waals surface area contributed by atoms with E-state index >= 15 is 0 Å². The number of nitrogens with zero attached hydrogens (tertiary/aromatic N) is 3. The first-order chi connectivity index (χ1) is 10.6. The standard InChI is InChI=1S/C17H21ClN4/c1-12(20-14-6-9-22(2)10-7-14)21-16-5-8-19-17-11-13(18)3-4-15(16)17/h3-5,8,11,14H,6-7,9-10H2,1-2H3,(H,19,20,21). The Morgan fingerprint density at radius 2 is 2.09 bits per heavy atom. The van der Waals surface area contributed by atoms with Gasteiger partial charge in [0.2, 0.25) is 0 Å². The summed E-state index contributed by atoms with van der Waals surface area (Å²) in [6.07, 6.45) is 4.05. The van der Waals surface area contributed by atoms with Crippen LogP contribution in [0.25, 0.3) is 10.9 Å². The molecule has 1 saturated heterocycles. The second-order valence-electron chi connectivity index (χ2n) is 5.89. The van der Waals surface area contributed by atoms with E-state index in [0.29, 0.717) is 11.1 Å². The molecule has 5 heteroatoms. The van der Waals surface area contributed by atoms with Gasteiger partial charge in [0.15, 0.2) is 0 Å². The lowest BCUT2D eigenvalue weighted by atomic mass is 10.1. The molecule has 1 aliphatic heterocycles. The van der Waals surface area contributed by atoms with Gasteiger partial charge in [-0.15, -0.1) is 0 Å². The molecule has 0 saturated carbocycles. The maximum absolute atomic E-state index is 6.03. The zero-order chi connectivity index (χ0) is 15.5. The normalized spacial score (nSPS) is 17.9. The molecular formula is C17H21ClN4. The summed E-state index contributed by atoms with van der Waals surface area (Å²) < 4.78 is 0. The highest BCUT2D eigenvalue weighted by Crippen LogP contribution is 2.24. The number of likely N-dealkylation sites (tertiary alicyclic amines) is 1. The molecule has 4 nitrogen and oxygen atoms in total. The summed E-state index contributed by atoms with van der Waals surface area (Å²) in [6.45, 7) is 4.27. The van der Waals surface area contributed by atoms with Gasteiger partial charge in [0, 0.05) is 16.6 Å². The fourth-order valence-electron chi connectivity index (χ4n) is 2.86. The monoisotopic (exact) mass is 316 g/mol. The number of anilines is 1. The van der Waals surface area contributed by atoms with Crippen LogP contribution in [0.15, 0.2) is 35.5 Å².